The molecular weight excluding hydrogens is 362 g/mol. The number of hydrogen-bond donors (Lipinski definition) is 1. The Morgan fingerprint density at radius 3 is 2.34 bits per heavy atom. The zero-order valence-electron chi connectivity index (χ0n) is 16.4. The van der Waals surface area contributed by atoms with E-state index in [2.05, 4.69) is 35.7 Å². The van der Waals surface area contributed by atoms with Crippen LogP contribution < -0.4 is 5.32 Å². The molecule has 5 nitrogen and oxygen atoms in total. The molecule has 2 aromatic carbocycles. The predicted octanol–water partition coefficient (Wildman–Crippen LogP) is 3.61. The maximum Gasteiger partial charge on any atom is 0.228 e. The second-order valence-electron chi connectivity index (χ2n) is 8.09. The first-order valence-electron chi connectivity index (χ1n) is 10.3. The van der Waals surface area contributed by atoms with E-state index in [0.717, 1.165) is 32.4 Å². The van der Waals surface area contributed by atoms with Crippen LogP contribution in [0.5, 0.6) is 0 Å². The second kappa shape index (κ2) is 8.48. The SMILES string of the molecule is N#Cc1ccc(NC(=O)C2CC2C(=O)N2CCC(Cc3ccccc3)CC2)cc1. The number of anilines is 1. The molecule has 1 aliphatic carbocycles. The van der Waals surface area contributed by atoms with E-state index in [4.69, 9.17) is 5.26 Å². The molecule has 1 heterocycles. The molecule has 2 fully saturated rings. The Bertz CT molecular complexity index is 909. The maximum absolute atomic E-state index is 12.8. The van der Waals surface area contributed by atoms with E-state index >= 15 is 0 Å². The van der Waals surface area contributed by atoms with Crippen molar-refractivity contribution in [2.75, 3.05) is 18.4 Å². The van der Waals surface area contributed by atoms with E-state index in [9.17, 15) is 9.59 Å². The van der Waals surface area contributed by atoms with Gasteiger partial charge in [-0.1, -0.05) is 30.3 Å². The van der Waals surface area contributed by atoms with Crippen LogP contribution in [-0.4, -0.2) is 29.8 Å². The summed E-state index contributed by atoms with van der Waals surface area (Å²) in [7, 11) is 0. The van der Waals surface area contributed by atoms with Gasteiger partial charge in [-0.25, -0.2) is 0 Å². The molecule has 2 unspecified atom stereocenters. The summed E-state index contributed by atoms with van der Waals surface area (Å²) in [4.78, 5) is 27.2. The van der Waals surface area contributed by atoms with Crippen LogP contribution >= 0.6 is 0 Å². The maximum atomic E-state index is 12.8. The fourth-order valence-corrected chi connectivity index (χ4v) is 4.16. The van der Waals surface area contributed by atoms with Gasteiger partial charge in [0.2, 0.25) is 11.8 Å². The van der Waals surface area contributed by atoms with Crippen molar-refractivity contribution in [3.63, 3.8) is 0 Å². The normalized spacial score (nSPS) is 21.3. The fraction of sp³-hybridized carbons (Fsp3) is 0.375. The molecule has 0 aromatic heterocycles. The van der Waals surface area contributed by atoms with Crippen molar-refractivity contribution in [3.8, 4) is 6.07 Å². The first-order valence-corrected chi connectivity index (χ1v) is 10.3. The molecule has 29 heavy (non-hydrogen) atoms. The predicted molar refractivity (Wildman–Crippen MR) is 111 cm³/mol. The Labute approximate surface area is 171 Å². The summed E-state index contributed by atoms with van der Waals surface area (Å²) in [6.45, 7) is 1.58. The van der Waals surface area contributed by atoms with E-state index in [0.29, 0.717) is 23.6 Å². The Hall–Kier alpha value is -3.13. The van der Waals surface area contributed by atoms with Crippen molar-refractivity contribution in [3.05, 3.63) is 65.7 Å². The fourth-order valence-electron chi connectivity index (χ4n) is 4.16. The van der Waals surface area contributed by atoms with Crippen molar-refractivity contribution in [2.24, 2.45) is 17.8 Å². The van der Waals surface area contributed by atoms with E-state index in [1.807, 2.05) is 11.0 Å². The number of carbonyl (C=O) groups excluding carboxylic acids is 2. The third-order valence-corrected chi connectivity index (χ3v) is 6.02. The van der Waals surface area contributed by atoms with E-state index in [-0.39, 0.29) is 23.7 Å². The molecule has 4 rings (SSSR count). The number of rotatable bonds is 5. The molecule has 0 spiro atoms. The van der Waals surface area contributed by atoms with Crippen molar-refractivity contribution < 1.29 is 9.59 Å². The minimum absolute atomic E-state index is 0.105. The molecule has 1 saturated carbocycles. The number of likely N-dealkylation sites (tertiary alicyclic amines) is 1. The van der Waals surface area contributed by atoms with Crippen LogP contribution in [0.1, 0.15) is 30.4 Å². The Kier molecular flexibility index (Phi) is 5.62. The van der Waals surface area contributed by atoms with Gasteiger partial charge in [0.25, 0.3) is 0 Å². The van der Waals surface area contributed by atoms with Gasteiger partial charge in [0, 0.05) is 18.8 Å². The smallest absolute Gasteiger partial charge is 0.228 e. The summed E-state index contributed by atoms with van der Waals surface area (Å²) in [6.07, 6.45) is 3.75. The molecule has 0 bridgehead atoms. The van der Waals surface area contributed by atoms with Crippen molar-refractivity contribution in [2.45, 2.75) is 25.7 Å². The first-order chi connectivity index (χ1) is 14.1. The molecule has 1 aliphatic heterocycles. The molecule has 0 radical (unpaired) electrons. The highest BCUT2D eigenvalue weighted by Gasteiger charge is 2.49. The number of nitrogens with one attached hydrogen (secondary N) is 1. The van der Waals surface area contributed by atoms with Crippen molar-refractivity contribution in [1.29, 1.82) is 5.26 Å². The monoisotopic (exact) mass is 387 g/mol. The van der Waals surface area contributed by atoms with Crippen LogP contribution in [0.25, 0.3) is 0 Å². The molecular formula is C24H25N3O2. The van der Waals surface area contributed by atoms with Gasteiger partial charge in [0.15, 0.2) is 0 Å². The third-order valence-electron chi connectivity index (χ3n) is 6.02. The van der Waals surface area contributed by atoms with Crippen LogP contribution in [0.4, 0.5) is 5.69 Å². The highest BCUT2D eigenvalue weighted by Crippen LogP contribution is 2.41. The summed E-state index contributed by atoms with van der Waals surface area (Å²) in [5.41, 5.74) is 2.57. The minimum Gasteiger partial charge on any atom is -0.342 e. The summed E-state index contributed by atoms with van der Waals surface area (Å²) in [6, 6.07) is 19.3. The molecule has 2 aliphatic rings. The zero-order chi connectivity index (χ0) is 20.2. The van der Waals surface area contributed by atoms with Gasteiger partial charge >= 0.3 is 0 Å². The average molecular weight is 387 g/mol. The third kappa shape index (κ3) is 4.65. The van der Waals surface area contributed by atoms with Crippen LogP contribution in [0.15, 0.2) is 54.6 Å². The number of nitrogens with zero attached hydrogens (tertiary/aromatic N) is 2. The lowest BCUT2D eigenvalue weighted by Crippen LogP contribution is -2.40. The lowest BCUT2D eigenvalue weighted by molar-refractivity contribution is -0.135. The topological polar surface area (TPSA) is 73.2 Å². The largest absolute Gasteiger partial charge is 0.342 e. The van der Waals surface area contributed by atoms with Crippen molar-refractivity contribution >= 4 is 17.5 Å². The van der Waals surface area contributed by atoms with E-state index in [1.54, 1.807) is 24.3 Å². The van der Waals surface area contributed by atoms with E-state index in [1.165, 1.54) is 5.56 Å². The van der Waals surface area contributed by atoms with Crippen LogP contribution in [0.3, 0.4) is 0 Å². The summed E-state index contributed by atoms with van der Waals surface area (Å²) >= 11 is 0. The first kappa shape index (κ1) is 19.2. The summed E-state index contributed by atoms with van der Waals surface area (Å²) < 4.78 is 0. The van der Waals surface area contributed by atoms with E-state index < -0.39 is 0 Å². The molecule has 1 saturated heterocycles. The highest BCUT2D eigenvalue weighted by molar-refractivity contribution is 5.99. The Morgan fingerprint density at radius 1 is 1.00 bits per heavy atom. The van der Waals surface area contributed by atoms with Crippen LogP contribution in [0.2, 0.25) is 0 Å². The van der Waals surface area contributed by atoms with Crippen LogP contribution in [-0.2, 0) is 16.0 Å². The molecule has 2 amide bonds. The van der Waals surface area contributed by atoms with Gasteiger partial charge in [-0.15, -0.1) is 0 Å². The number of nitriles is 1. The summed E-state index contributed by atoms with van der Waals surface area (Å²) in [5, 5.41) is 11.7. The Morgan fingerprint density at radius 2 is 1.69 bits per heavy atom. The van der Waals surface area contributed by atoms with Gasteiger partial charge in [0.05, 0.1) is 23.5 Å². The van der Waals surface area contributed by atoms with Crippen molar-refractivity contribution in [1.82, 2.24) is 4.90 Å². The number of benzene rings is 2. The molecule has 148 valence electrons. The number of amides is 2. The van der Waals surface area contributed by atoms with Gasteiger partial charge in [-0.2, -0.15) is 5.26 Å². The highest BCUT2D eigenvalue weighted by atomic mass is 16.2. The van der Waals surface area contributed by atoms with Gasteiger partial charge < -0.3 is 10.2 Å². The molecule has 2 aromatic rings. The molecule has 5 heteroatoms. The van der Waals surface area contributed by atoms with Gasteiger partial charge in [0.1, 0.15) is 0 Å². The quantitative estimate of drug-likeness (QED) is 0.852. The van der Waals surface area contributed by atoms with Crippen LogP contribution in [0, 0.1) is 29.1 Å². The Balaban J connectivity index is 1.24. The standard InChI is InChI=1S/C24H25N3O2/c25-16-19-6-8-20(9-7-19)26-23(28)21-15-22(21)24(29)27-12-10-18(11-13-27)14-17-4-2-1-3-5-17/h1-9,18,21-22H,10-15H2,(H,26,28). The number of carbonyl (C=O) groups is 2. The lowest BCUT2D eigenvalue weighted by atomic mass is 9.90. The molecule has 1 N–H and O–H groups in total. The minimum atomic E-state index is -0.236. The second-order valence-corrected chi connectivity index (χ2v) is 8.09. The number of hydrogen-bond acceptors (Lipinski definition) is 3. The van der Waals surface area contributed by atoms with Gasteiger partial charge in [-0.05, 0) is 61.4 Å². The average Bonchev–Trinajstić information content (AvgIpc) is 3.56. The number of piperidine rings is 1. The lowest BCUT2D eigenvalue weighted by Gasteiger charge is -2.32. The summed E-state index contributed by atoms with van der Waals surface area (Å²) in [5.74, 6) is 0.227. The zero-order valence-corrected chi connectivity index (χ0v) is 16.4. The van der Waals surface area contributed by atoms with Gasteiger partial charge in [-0.3, -0.25) is 9.59 Å². The molecule has 2 atom stereocenters.